The minimum Gasteiger partial charge on any atom is -0.326 e. The molecule has 0 atom stereocenters. The number of aromatic nitrogens is 4. The summed E-state index contributed by atoms with van der Waals surface area (Å²) in [7, 11) is -7.76. The van der Waals surface area contributed by atoms with E-state index in [0.717, 1.165) is 42.7 Å². The molecule has 0 aliphatic rings. The number of H-pyrrole nitrogens is 2. The molecule has 0 aliphatic carbocycles. The zero-order valence-electron chi connectivity index (χ0n) is 24.8. The summed E-state index contributed by atoms with van der Waals surface area (Å²) < 4.78 is 56.4. The summed E-state index contributed by atoms with van der Waals surface area (Å²) in [6, 6.07) is 10.0. The highest BCUT2D eigenvalue weighted by atomic mass is 35.5. The van der Waals surface area contributed by atoms with Gasteiger partial charge in [0.2, 0.25) is 10.0 Å². The van der Waals surface area contributed by atoms with E-state index in [-0.39, 0.29) is 44.9 Å². The van der Waals surface area contributed by atoms with E-state index >= 15 is 0 Å². The van der Waals surface area contributed by atoms with Gasteiger partial charge < -0.3 is 9.97 Å². The van der Waals surface area contributed by atoms with Gasteiger partial charge in [-0.3, -0.25) is 9.59 Å². The predicted molar refractivity (Wildman–Crippen MR) is 180 cm³/mol. The van der Waals surface area contributed by atoms with Crippen LogP contribution >= 0.6 is 35.1 Å². The van der Waals surface area contributed by atoms with Crippen LogP contribution in [-0.4, -0.2) is 42.3 Å². The Labute approximate surface area is 274 Å². The van der Waals surface area contributed by atoms with Crippen molar-refractivity contribution in [2.24, 2.45) is 0 Å². The summed E-state index contributed by atoms with van der Waals surface area (Å²) in [5.74, 6) is 0. The molecule has 0 spiro atoms. The van der Waals surface area contributed by atoms with E-state index in [9.17, 15) is 26.4 Å². The van der Waals surface area contributed by atoms with Crippen LogP contribution in [0.2, 0.25) is 0 Å². The molecule has 3 N–H and O–H groups in total. The number of sulfonamides is 1. The molecule has 240 valence electrons. The van der Waals surface area contributed by atoms with Crippen molar-refractivity contribution in [2.75, 3.05) is 6.54 Å². The third-order valence-electron chi connectivity index (χ3n) is 7.17. The van der Waals surface area contributed by atoms with Crippen molar-refractivity contribution in [2.45, 2.75) is 55.4 Å². The third-order valence-corrected chi connectivity index (χ3v) is 13.4. The normalized spacial score (nSPS) is 11.9. The largest absolute Gasteiger partial charge is 0.326 e. The van der Waals surface area contributed by atoms with E-state index < -0.39 is 20.0 Å². The zero-order valence-corrected chi connectivity index (χ0v) is 28.9. The number of halogens is 1. The van der Waals surface area contributed by atoms with Crippen LogP contribution in [0, 0.1) is 13.8 Å². The number of aromatic amines is 2. The van der Waals surface area contributed by atoms with Crippen LogP contribution in [0.4, 0.5) is 0 Å². The average molecular weight is 710 g/mol. The Hall–Kier alpha value is -3.34. The number of pyridine rings is 2. The van der Waals surface area contributed by atoms with Crippen LogP contribution < -0.4 is 15.8 Å². The molecule has 5 heterocycles. The molecule has 11 nitrogen and oxygen atoms in total. The third kappa shape index (κ3) is 7.08. The lowest BCUT2D eigenvalue weighted by Gasteiger charge is -2.06. The maximum Gasteiger partial charge on any atom is 0.278 e. The fraction of sp³-hybridized carbons (Fsp3) is 0.276. The molecule has 0 saturated carbocycles. The standard InChI is InChI=1S/C29H31N5O6S4.ClH/c1-5-19-13-22(17(3)32-28(19)35)24-7-9-26(41-24)43(37,38)31-12-11-21-15-34(16-30-21)44(39,40)27-10-8-25(42-27)23-14-20(6-2)29(36)33-18(23)4;/h7-10,13-16,31H,5-6,11-12H2,1-4H3,(H,32,35)(H,33,36);1H. The summed E-state index contributed by atoms with van der Waals surface area (Å²) in [6.45, 7) is 7.32. The van der Waals surface area contributed by atoms with Gasteiger partial charge >= 0.3 is 0 Å². The molecule has 0 aromatic carbocycles. The molecule has 0 bridgehead atoms. The lowest BCUT2D eigenvalue weighted by molar-refractivity contribution is 0.582. The average Bonchev–Trinajstić information content (AvgIpc) is 3.75. The Bertz CT molecular complexity index is 2190. The number of aryl methyl sites for hydroxylation is 4. The quantitative estimate of drug-likeness (QED) is 0.180. The Morgan fingerprint density at radius 1 is 0.822 bits per heavy atom. The van der Waals surface area contributed by atoms with E-state index in [1.54, 1.807) is 38.1 Å². The Morgan fingerprint density at radius 2 is 1.33 bits per heavy atom. The van der Waals surface area contributed by atoms with Gasteiger partial charge in [-0.15, -0.1) is 35.1 Å². The predicted octanol–water partition coefficient (Wildman–Crippen LogP) is 4.64. The van der Waals surface area contributed by atoms with E-state index in [1.165, 1.54) is 24.7 Å². The van der Waals surface area contributed by atoms with Gasteiger partial charge in [-0.1, -0.05) is 13.8 Å². The minimum absolute atomic E-state index is 0. The molecule has 0 unspecified atom stereocenters. The molecule has 0 fully saturated rings. The first-order valence-corrected chi connectivity index (χ1v) is 18.3. The second-order valence-corrected chi connectivity index (χ2v) is 16.3. The van der Waals surface area contributed by atoms with Gasteiger partial charge in [0.05, 0.1) is 5.69 Å². The van der Waals surface area contributed by atoms with Gasteiger partial charge in [0, 0.05) is 62.6 Å². The van der Waals surface area contributed by atoms with Crippen LogP contribution in [0.1, 0.15) is 42.1 Å². The summed E-state index contributed by atoms with van der Waals surface area (Å²) in [5, 5.41) is 0. The Kier molecular flexibility index (Phi) is 10.4. The van der Waals surface area contributed by atoms with E-state index in [2.05, 4.69) is 19.7 Å². The van der Waals surface area contributed by atoms with Gasteiger partial charge in [-0.05, 0) is 63.1 Å². The first-order valence-electron chi connectivity index (χ1n) is 13.8. The molecular formula is C29H32ClN5O6S4. The molecule has 5 aromatic heterocycles. The highest BCUT2D eigenvalue weighted by molar-refractivity contribution is 7.92. The minimum atomic E-state index is -3.93. The second kappa shape index (κ2) is 13.6. The van der Waals surface area contributed by atoms with Crippen molar-refractivity contribution in [3.63, 3.8) is 0 Å². The summed E-state index contributed by atoms with van der Waals surface area (Å²) in [4.78, 5) is 35.4. The van der Waals surface area contributed by atoms with Crippen molar-refractivity contribution >= 4 is 55.1 Å². The SMILES string of the molecule is CCc1cc(-c2ccc(S(=O)(=O)NCCc3cn(S(=O)(=O)c4ccc(-c5cc(CC)c(=O)[nH]c5C)s4)cn3)s2)c(C)[nH]c1=O.Cl. The highest BCUT2D eigenvalue weighted by Gasteiger charge is 2.22. The van der Waals surface area contributed by atoms with E-state index in [1.807, 2.05) is 13.8 Å². The molecule has 0 aliphatic heterocycles. The number of hydrogen-bond acceptors (Lipinski definition) is 9. The fourth-order valence-corrected chi connectivity index (χ4v) is 9.77. The van der Waals surface area contributed by atoms with Crippen LogP contribution in [0.15, 0.2) is 66.9 Å². The van der Waals surface area contributed by atoms with Gasteiger partial charge in [0.1, 0.15) is 14.7 Å². The topological polar surface area (TPSA) is 164 Å². The molecule has 5 aromatic rings. The van der Waals surface area contributed by atoms with Crippen molar-refractivity contribution in [3.8, 4) is 20.9 Å². The summed E-state index contributed by atoms with van der Waals surface area (Å²) >= 11 is 2.19. The number of imidazole rings is 1. The maximum atomic E-state index is 13.3. The van der Waals surface area contributed by atoms with Crippen LogP contribution in [-0.2, 0) is 39.3 Å². The molecule has 5 rings (SSSR count). The number of hydrogen-bond donors (Lipinski definition) is 3. The number of rotatable bonds is 11. The van der Waals surface area contributed by atoms with Gasteiger partial charge in [-0.25, -0.2) is 22.1 Å². The van der Waals surface area contributed by atoms with Crippen molar-refractivity contribution in [1.29, 1.82) is 0 Å². The van der Waals surface area contributed by atoms with Crippen molar-refractivity contribution in [1.82, 2.24) is 23.6 Å². The van der Waals surface area contributed by atoms with Crippen LogP contribution in [0.3, 0.4) is 0 Å². The molecule has 0 amide bonds. The number of thiophene rings is 2. The Balaban J connectivity index is 0.00000461. The lowest BCUT2D eigenvalue weighted by Crippen LogP contribution is -2.25. The highest BCUT2D eigenvalue weighted by Crippen LogP contribution is 2.34. The summed E-state index contributed by atoms with van der Waals surface area (Å²) in [6.07, 6.45) is 3.85. The van der Waals surface area contributed by atoms with Gasteiger partial charge in [0.25, 0.3) is 21.1 Å². The smallest absolute Gasteiger partial charge is 0.278 e. The van der Waals surface area contributed by atoms with E-state index in [0.29, 0.717) is 45.9 Å². The Morgan fingerprint density at radius 3 is 1.87 bits per heavy atom. The van der Waals surface area contributed by atoms with Crippen LogP contribution in [0.5, 0.6) is 0 Å². The zero-order chi connectivity index (χ0) is 31.8. The van der Waals surface area contributed by atoms with Crippen LogP contribution in [0.25, 0.3) is 20.9 Å². The number of nitrogens with one attached hydrogen (secondary N) is 3. The molecular weight excluding hydrogens is 678 g/mol. The monoisotopic (exact) mass is 709 g/mol. The van der Waals surface area contributed by atoms with Crippen molar-refractivity contribution in [3.05, 3.63) is 97.8 Å². The molecule has 16 heteroatoms. The summed E-state index contributed by atoms with van der Waals surface area (Å²) in [5.41, 5.74) is 4.19. The molecule has 0 saturated heterocycles. The lowest BCUT2D eigenvalue weighted by atomic mass is 10.1. The van der Waals surface area contributed by atoms with E-state index in [4.69, 9.17) is 0 Å². The van der Waals surface area contributed by atoms with Crippen molar-refractivity contribution < 1.29 is 16.8 Å². The second-order valence-electron chi connectivity index (χ2n) is 10.1. The molecule has 45 heavy (non-hydrogen) atoms. The molecule has 0 radical (unpaired) electrons. The van der Waals surface area contributed by atoms with Gasteiger partial charge in [0.15, 0.2) is 0 Å². The maximum absolute atomic E-state index is 13.3. The van der Waals surface area contributed by atoms with Gasteiger partial charge in [-0.2, -0.15) is 8.42 Å². The fourth-order valence-electron chi connectivity index (χ4n) is 4.68. The first kappa shape index (κ1) is 34.5. The number of nitrogens with zero attached hydrogens (tertiary/aromatic N) is 2. The first-order chi connectivity index (χ1) is 20.8.